The van der Waals surface area contributed by atoms with Crippen LogP contribution in [0.4, 0.5) is 0 Å². The molecule has 0 saturated heterocycles. The molecule has 3 atom stereocenters. The van der Waals surface area contributed by atoms with Crippen LogP contribution in [0.3, 0.4) is 0 Å². The van der Waals surface area contributed by atoms with Crippen LogP contribution in [0.1, 0.15) is 38.8 Å². The van der Waals surface area contributed by atoms with Gasteiger partial charge in [0.25, 0.3) is 0 Å². The standard InChI is InChI=1S/C24H30S/c1-16(2)22-8-6-9-23(19(22)5)18(4)14-21-15-20(12-11-17(21)3)24-10-7-13-25-24/h6-13,15-16,18-19,22H,14H2,1-5H3. The van der Waals surface area contributed by atoms with Crippen LogP contribution in [0.15, 0.2) is 59.5 Å². The third-order valence-corrected chi connectivity index (χ3v) is 6.66. The van der Waals surface area contributed by atoms with E-state index in [-0.39, 0.29) is 0 Å². The van der Waals surface area contributed by atoms with Gasteiger partial charge in [0.05, 0.1) is 0 Å². The monoisotopic (exact) mass is 350 g/mol. The van der Waals surface area contributed by atoms with E-state index < -0.39 is 0 Å². The third-order valence-electron chi connectivity index (χ3n) is 5.74. The summed E-state index contributed by atoms with van der Waals surface area (Å²) < 4.78 is 0. The molecule has 3 rings (SSSR count). The Morgan fingerprint density at radius 3 is 2.60 bits per heavy atom. The summed E-state index contributed by atoms with van der Waals surface area (Å²) in [6.07, 6.45) is 8.17. The molecule has 0 N–H and O–H groups in total. The molecule has 0 saturated carbocycles. The molecule has 1 aliphatic rings. The smallest absolute Gasteiger partial charge is 0.0342 e. The zero-order chi connectivity index (χ0) is 18.0. The highest BCUT2D eigenvalue weighted by Gasteiger charge is 2.26. The Morgan fingerprint density at radius 2 is 1.92 bits per heavy atom. The van der Waals surface area contributed by atoms with Crippen molar-refractivity contribution in [1.29, 1.82) is 0 Å². The van der Waals surface area contributed by atoms with Crippen molar-refractivity contribution in [3.8, 4) is 10.4 Å². The summed E-state index contributed by atoms with van der Waals surface area (Å²) in [6.45, 7) is 11.7. The van der Waals surface area contributed by atoms with Gasteiger partial charge in [-0.3, -0.25) is 0 Å². The van der Waals surface area contributed by atoms with Crippen molar-refractivity contribution in [2.45, 2.75) is 41.0 Å². The molecule has 1 aliphatic carbocycles. The maximum atomic E-state index is 2.41. The van der Waals surface area contributed by atoms with E-state index in [1.54, 1.807) is 5.57 Å². The van der Waals surface area contributed by atoms with Gasteiger partial charge in [0.1, 0.15) is 0 Å². The molecule has 0 radical (unpaired) electrons. The van der Waals surface area contributed by atoms with E-state index in [1.165, 1.54) is 21.6 Å². The number of benzene rings is 1. The molecule has 0 nitrogen and oxygen atoms in total. The Balaban J connectivity index is 1.81. The number of rotatable bonds is 5. The first-order chi connectivity index (χ1) is 12.0. The number of thiophene rings is 1. The first-order valence-electron chi connectivity index (χ1n) is 9.49. The second-order valence-corrected chi connectivity index (χ2v) is 8.83. The SMILES string of the molecule is Cc1ccc(-c2cccs2)cc1CC(C)C1=CC=CC(C(C)C)C1C. The predicted molar refractivity (Wildman–Crippen MR) is 112 cm³/mol. The predicted octanol–water partition coefficient (Wildman–Crippen LogP) is 7.31. The molecule has 0 amide bonds. The molecule has 2 aromatic rings. The topological polar surface area (TPSA) is 0 Å². The molecular weight excluding hydrogens is 320 g/mol. The molecule has 25 heavy (non-hydrogen) atoms. The third kappa shape index (κ3) is 3.98. The van der Waals surface area contributed by atoms with Gasteiger partial charge in [-0.25, -0.2) is 0 Å². The minimum atomic E-state index is 0.582. The average Bonchev–Trinajstić information content (AvgIpc) is 3.11. The van der Waals surface area contributed by atoms with Crippen LogP contribution in [0.2, 0.25) is 0 Å². The maximum absolute atomic E-state index is 2.41. The summed E-state index contributed by atoms with van der Waals surface area (Å²) in [7, 11) is 0. The highest BCUT2D eigenvalue weighted by molar-refractivity contribution is 7.13. The van der Waals surface area contributed by atoms with Crippen molar-refractivity contribution in [3.05, 3.63) is 70.6 Å². The molecule has 0 bridgehead atoms. The molecule has 0 aliphatic heterocycles. The Hall–Kier alpha value is -1.60. The molecule has 3 unspecified atom stereocenters. The Labute approximate surface area is 157 Å². The second kappa shape index (κ2) is 7.74. The van der Waals surface area contributed by atoms with Gasteiger partial charge >= 0.3 is 0 Å². The highest BCUT2D eigenvalue weighted by Crippen LogP contribution is 2.37. The summed E-state index contributed by atoms with van der Waals surface area (Å²) in [5.41, 5.74) is 5.87. The molecule has 1 aromatic heterocycles. The summed E-state index contributed by atoms with van der Waals surface area (Å²) in [5, 5.41) is 2.16. The Morgan fingerprint density at radius 1 is 1.12 bits per heavy atom. The number of hydrogen-bond donors (Lipinski definition) is 0. The molecule has 0 spiro atoms. The number of allylic oxidation sites excluding steroid dienone is 4. The largest absolute Gasteiger partial charge is 0.144 e. The zero-order valence-electron chi connectivity index (χ0n) is 16.1. The van der Waals surface area contributed by atoms with E-state index in [1.807, 2.05) is 11.3 Å². The summed E-state index contributed by atoms with van der Waals surface area (Å²) in [4.78, 5) is 1.36. The van der Waals surface area contributed by atoms with Crippen LogP contribution in [0.25, 0.3) is 10.4 Å². The first-order valence-corrected chi connectivity index (χ1v) is 10.4. The van der Waals surface area contributed by atoms with Crippen molar-refractivity contribution in [3.63, 3.8) is 0 Å². The quantitative estimate of drug-likeness (QED) is 0.530. The maximum Gasteiger partial charge on any atom is 0.0342 e. The molecule has 1 aromatic carbocycles. The average molecular weight is 351 g/mol. The van der Waals surface area contributed by atoms with Crippen LogP contribution in [-0.4, -0.2) is 0 Å². The van der Waals surface area contributed by atoms with Crippen LogP contribution in [0, 0.1) is 30.6 Å². The molecule has 132 valence electrons. The molecule has 0 fully saturated rings. The van der Waals surface area contributed by atoms with E-state index in [0.717, 1.165) is 6.42 Å². The normalized spacial score (nSPS) is 21.4. The van der Waals surface area contributed by atoms with E-state index in [0.29, 0.717) is 23.7 Å². The summed E-state index contributed by atoms with van der Waals surface area (Å²) in [5.74, 6) is 2.59. The van der Waals surface area contributed by atoms with Gasteiger partial charge in [0.2, 0.25) is 0 Å². The van der Waals surface area contributed by atoms with Gasteiger partial charge in [-0.15, -0.1) is 11.3 Å². The number of hydrogen-bond acceptors (Lipinski definition) is 1. The van der Waals surface area contributed by atoms with Crippen molar-refractivity contribution >= 4 is 11.3 Å². The fourth-order valence-corrected chi connectivity index (χ4v) is 4.91. The van der Waals surface area contributed by atoms with E-state index in [2.05, 4.69) is 88.6 Å². The van der Waals surface area contributed by atoms with Gasteiger partial charge in [-0.2, -0.15) is 0 Å². The van der Waals surface area contributed by atoms with E-state index in [9.17, 15) is 0 Å². The van der Waals surface area contributed by atoms with E-state index >= 15 is 0 Å². The lowest BCUT2D eigenvalue weighted by molar-refractivity contribution is 0.345. The van der Waals surface area contributed by atoms with Crippen LogP contribution in [0.5, 0.6) is 0 Å². The Kier molecular flexibility index (Phi) is 5.64. The first kappa shape index (κ1) is 18.2. The zero-order valence-corrected chi connectivity index (χ0v) is 16.9. The van der Waals surface area contributed by atoms with Crippen LogP contribution in [-0.2, 0) is 6.42 Å². The summed E-state index contributed by atoms with van der Waals surface area (Å²) in [6, 6.07) is 11.3. The van der Waals surface area contributed by atoms with Crippen molar-refractivity contribution in [1.82, 2.24) is 0 Å². The molecule has 1 heteroatoms. The molecule has 1 heterocycles. The van der Waals surface area contributed by atoms with Gasteiger partial charge in [0, 0.05) is 4.88 Å². The highest BCUT2D eigenvalue weighted by atomic mass is 32.1. The minimum Gasteiger partial charge on any atom is -0.144 e. The lowest BCUT2D eigenvalue weighted by atomic mass is 9.72. The minimum absolute atomic E-state index is 0.582. The van der Waals surface area contributed by atoms with Gasteiger partial charge < -0.3 is 0 Å². The van der Waals surface area contributed by atoms with Crippen molar-refractivity contribution < 1.29 is 0 Å². The van der Waals surface area contributed by atoms with Crippen molar-refractivity contribution in [2.75, 3.05) is 0 Å². The van der Waals surface area contributed by atoms with Gasteiger partial charge in [-0.05, 0) is 65.2 Å². The van der Waals surface area contributed by atoms with Crippen LogP contribution >= 0.6 is 11.3 Å². The number of aryl methyl sites for hydroxylation is 1. The lowest BCUT2D eigenvalue weighted by Crippen LogP contribution is -2.23. The summed E-state index contributed by atoms with van der Waals surface area (Å²) >= 11 is 1.82. The van der Waals surface area contributed by atoms with Gasteiger partial charge in [-0.1, -0.05) is 75.8 Å². The van der Waals surface area contributed by atoms with Crippen molar-refractivity contribution in [2.24, 2.45) is 23.7 Å². The Bertz CT molecular complexity index is 761. The van der Waals surface area contributed by atoms with Crippen LogP contribution < -0.4 is 0 Å². The second-order valence-electron chi connectivity index (χ2n) is 7.89. The lowest BCUT2D eigenvalue weighted by Gasteiger charge is -2.32. The fraction of sp³-hybridized carbons (Fsp3) is 0.417. The fourth-order valence-electron chi connectivity index (χ4n) is 4.18. The van der Waals surface area contributed by atoms with Gasteiger partial charge in [0.15, 0.2) is 0 Å². The van der Waals surface area contributed by atoms with E-state index in [4.69, 9.17) is 0 Å². The molecular formula is C24H30S.